The zero-order chi connectivity index (χ0) is 16.4. The Morgan fingerprint density at radius 3 is 1.76 bits per heavy atom. The van der Waals surface area contributed by atoms with Crippen LogP contribution in [0, 0.1) is 28.6 Å². The first-order valence-corrected chi connectivity index (χ1v) is 8.66. The fourth-order valence-corrected chi connectivity index (χ4v) is 3.88. The van der Waals surface area contributed by atoms with Crippen LogP contribution in [0.3, 0.4) is 0 Å². The molecule has 2 heteroatoms. The summed E-state index contributed by atoms with van der Waals surface area (Å²) in [5.74, 6) is 1.62. The van der Waals surface area contributed by atoms with E-state index in [1.54, 1.807) is 0 Å². The van der Waals surface area contributed by atoms with Gasteiger partial charge in [-0.2, -0.15) is 0 Å². The predicted octanol–water partition coefficient (Wildman–Crippen LogP) is 4.84. The van der Waals surface area contributed by atoms with Crippen LogP contribution in [-0.4, -0.2) is 17.0 Å². The summed E-state index contributed by atoms with van der Waals surface area (Å²) in [5.41, 5.74) is 0.243. The lowest BCUT2D eigenvalue weighted by molar-refractivity contribution is -0.119. The van der Waals surface area contributed by atoms with Crippen molar-refractivity contribution in [3.8, 4) is 0 Å². The average molecular weight is 296 g/mol. The molecule has 0 bridgehead atoms. The van der Waals surface area contributed by atoms with Crippen molar-refractivity contribution in [1.82, 2.24) is 0 Å². The first-order chi connectivity index (χ1) is 9.46. The first-order valence-electron chi connectivity index (χ1n) is 8.66. The molecule has 0 aromatic heterocycles. The molecule has 0 heterocycles. The summed E-state index contributed by atoms with van der Waals surface area (Å²) in [6, 6.07) is 0. The number of rotatable bonds is 4. The van der Waals surface area contributed by atoms with E-state index in [4.69, 9.17) is 0 Å². The summed E-state index contributed by atoms with van der Waals surface area (Å²) in [7, 11) is 0. The second kappa shape index (κ2) is 6.81. The lowest BCUT2D eigenvalue weighted by Gasteiger charge is -2.49. The summed E-state index contributed by atoms with van der Waals surface area (Å²) in [4.78, 5) is 11.6. The van der Waals surface area contributed by atoms with Gasteiger partial charge in [-0.25, -0.2) is 0 Å². The molecule has 0 saturated heterocycles. The van der Waals surface area contributed by atoms with Gasteiger partial charge < -0.3 is 5.11 Å². The average Bonchev–Trinajstić information content (AvgIpc) is 2.34. The Hall–Kier alpha value is -0.370. The second-order valence-corrected chi connectivity index (χ2v) is 9.20. The third-order valence-corrected chi connectivity index (χ3v) is 5.45. The Morgan fingerprint density at radius 2 is 1.43 bits per heavy atom. The van der Waals surface area contributed by atoms with Crippen molar-refractivity contribution in [3.05, 3.63) is 0 Å². The Bertz CT molecular complexity index is 322. The third-order valence-electron chi connectivity index (χ3n) is 5.45. The van der Waals surface area contributed by atoms with Gasteiger partial charge in [-0.05, 0) is 47.8 Å². The minimum atomic E-state index is -0.219. The highest BCUT2D eigenvalue weighted by molar-refractivity contribution is 5.77. The fraction of sp³-hybridized carbons (Fsp3) is 0.947. The molecular formula is C19H36O2. The van der Waals surface area contributed by atoms with E-state index in [9.17, 15) is 9.90 Å². The molecule has 0 aromatic carbocycles. The van der Waals surface area contributed by atoms with Crippen LogP contribution in [0.4, 0.5) is 0 Å². The number of hydrogen-bond donors (Lipinski definition) is 1. The van der Waals surface area contributed by atoms with Gasteiger partial charge in [0.2, 0.25) is 0 Å². The Labute approximate surface area is 131 Å². The number of aliphatic hydroxyl groups is 1. The van der Waals surface area contributed by atoms with Gasteiger partial charge in [0.25, 0.3) is 0 Å². The maximum Gasteiger partial charge on any atom is 0.132 e. The van der Waals surface area contributed by atoms with Gasteiger partial charge in [-0.1, -0.05) is 48.5 Å². The van der Waals surface area contributed by atoms with Crippen LogP contribution in [0.25, 0.3) is 0 Å². The van der Waals surface area contributed by atoms with Crippen LogP contribution >= 0.6 is 0 Å². The van der Waals surface area contributed by atoms with E-state index in [1.807, 2.05) is 6.92 Å². The molecule has 0 amide bonds. The lowest BCUT2D eigenvalue weighted by atomic mass is 9.58. The third kappa shape index (κ3) is 5.09. The van der Waals surface area contributed by atoms with Gasteiger partial charge in [-0.15, -0.1) is 0 Å². The number of aliphatic hydroxyl groups excluding tert-OH is 1. The zero-order valence-corrected chi connectivity index (χ0v) is 15.2. The number of Topliss-reactive ketones (excluding diaryl/α,β-unsaturated/α-hetero) is 1. The monoisotopic (exact) mass is 296 g/mol. The summed E-state index contributed by atoms with van der Waals surface area (Å²) in [6.45, 7) is 15.4. The van der Waals surface area contributed by atoms with Crippen molar-refractivity contribution < 1.29 is 9.90 Å². The molecule has 0 spiro atoms. The maximum atomic E-state index is 11.6. The Kier molecular flexibility index (Phi) is 6.06. The zero-order valence-electron chi connectivity index (χ0n) is 15.2. The van der Waals surface area contributed by atoms with Crippen molar-refractivity contribution in [2.24, 2.45) is 28.6 Å². The molecule has 1 fully saturated rings. The van der Waals surface area contributed by atoms with Gasteiger partial charge in [0.15, 0.2) is 0 Å². The molecule has 1 saturated carbocycles. The Balaban J connectivity index is 2.86. The molecule has 1 N–H and O–H groups in total. The van der Waals surface area contributed by atoms with Crippen LogP contribution < -0.4 is 0 Å². The smallest absolute Gasteiger partial charge is 0.132 e. The Morgan fingerprint density at radius 1 is 1.00 bits per heavy atom. The predicted molar refractivity (Wildman–Crippen MR) is 89.2 cm³/mol. The highest BCUT2D eigenvalue weighted by Gasteiger charge is 2.45. The molecule has 0 radical (unpaired) electrons. The van der Waals surface area contributed by atoms with Crippen LogP contribution in [0.5, 0.6) is 0 Å². The summed E-state index contributed by atoms with van der Waals surface area (Å²) in [5, 5.41) is 10.9. The summed E-state index contributed by atoms with van der Waals surface area (Å²) >= 11 is 0. The van der Waals surface area contributed by atoms with Crippen molar-refractivity contribution in [2.45, 2.75) is 86.7 Å². The summed E-state index contributed by atoms with van der Waals surface area (Å²) in [6.07, 6.45) is 4.27. The van der Waals surface area contributed by atoms with E-state index in [2.05, 4.69) is 41.5 Å². The van der Waals surface area contributed by atoms with Gasteiger partial charge in [0, 0.05) is 12.8 Å². The fourth-order valence-electron chi connectivity index (χ4n) is 3.88. The number of carbonyl (C=O) groups is 1. The molecule has 0 aromatic rings. The largest absolute Gasteiger partial charge is 0.393 e. The highest BCUT2D eigenvalue weighted by atomic mass is 16.3. The van der Waals surface area contributed by atoms with E-state index < -0.39 is 0 Å². The molecule has 124 valence electrons. The second-order valence-electron chi connectivity index (χ2n) is 9.20. The number of ketones is 1. The molecule has 2 atom stereocenters. The van der Waals surface area contributed by atoms with E-state index in [0.717, 1.165) is 19.3 Å². The molecule has 2 unspecified atom stereocenters. The molecule has 21 heavy (non-hydrogen) atoms. The van der Waals surface area contributed by atoms with Crippen molar-refractivity contribution in [2.75, 3.05) is 0 Å². The first kappa shape index (κ1) is 18.7. The maximum absolute atomic E-state index is 11.6. The minimum absolute atomic E-state index is 0.121. The van der Waals surface area contributed by atoms with E-state index in [1.165, 1.54) is 0 Å². The highest BCUT2D eigenvalue weighted by Crippen LogP contribution is 2.49. The molecular weight excluding hydrogens is 260 g/mol. The quantitative estimate of drug-likeness (QED) is 0.806. The SMILES string of the molecule is CCC(=O)CCC1CC(C(C)(C)C)C(O)C(C(C)(C)C)C1. The normalized spacial score (nSPS) is 31.2. The van der Waals surface area contributed by atoms with Gasteiger partial charge in [0.1, 0.15) is 5.78 Å². The molecule has 0 aliphatic heterocycles. The number of hydrogen-bond acceptors (Lipinski definition) is 2. The minimum Gasteiger partial charge on any atom is -0.393 e. The van der Waals surface area contributed by atoms with Crippen molar-refractivity contribution in [1.29, 1.82) is 0 Å². The molecule has 1 aliphatic rings. The van der Waals surface area contributed by atoms with Crippen LogP contribution in [0.2, 0.25) is 0 Å². The van der Waals surface area contributed by atoms with Gasteiger partial charge >= 0.3 is 0 Å². The van der Waals surface area contributed by atoms with Crippen LogP contribution in [-0.2, 0) is 4.79 Å². The van der Waals surface area contributed by atoms with Crippen molar-refractivity contribution >= 4 is 5.78 Å². The van der Waals surface area contributed by atoms with Crippen molar-refractivity contribution in [3.63, 3.8) is 0 Å². The van der Waals surface area contributed by atoms with Crippen LogP contribution in [0.15, 0.2) is 0 Å². The van der Waals surface area contributed by atoms with E-state index in [0.29, 0.717) is 36.4 Å². The lowest BCUT2D eigenvalue weighted by Crippen LogP contribution is -2.47. The van der Waals surface area contributed by atoms with Crippen LogP contribution in [0.1, 0.15) is 80.6 Å². The van der Waals surface area contributed by atoms with Gasteiger partial charge in [0.05, 0.1) is 6.10 Å². The summed E-state index contributed by atoms with van der Waals surface area (Å²) < 4.78 is 0. The molecule has 1 aliphatic carbocycles. The number of carbonyl (C=O) groups excluding carboxylic acids is 1. The van der Waals surface area contributed by atoms with E-state index >= 15 is 0 Å². The van der Waals surface area contributed by atoms with Gasteiger partial charge in [-0.3, -0.25) is 4.79 Å². The van der Waals surface area contributed by atoms with E-state index in [-0.39, 0.29) is 16.9 Å². The molecule has 1 rings (SSSR count). The standard InChI is InChI=1S/C19H36O2/c1-8-14(20)10-9-13-11-15(18(2,3)4)17(21)16(12-13)19(5,6)7/h13,15-17,21H,8-12H2,1-7H3. The topological polar surface area (TPSA) is 37.3 Å². The molecule has 2 nitrogen and oxygen atoms in total.